The average molecular weight is 418 g/mol. The number of urea groups is 1. The molecule has 2 aromatic carbocycles. The number of imide groups is 1. The highest BCUT2D eigenvalue weighted by molar-refractivity contribution is 6.15. The van der Waals surface area contributed by atoms with Crippen molar-refractivity contribution >= 4 is 35.3 Å². The minimum Gasteiger partial charge on any atom is -0.372 e. The summed E-state index contributed by atoms with van der Waals surface area (Å²) < 4.78 is 0. The van der Waals surface area contributed by atoms with Gasteiger partial charge in [0, 0.05) is 24.5 Å². The van der Waals surface area contributed by atoms with Gasteiger partial charge in [-0.1, -0.05) is 29.8 Å². The third kappa shape index (κ3) is 4.94. The van der Waals surface area contributed by atoms with Crippen molar-refractivity contribution < 1.29 is 14.4 Å². The Hall–Kier alpha value is -3.61. The summed E-state index contributed by atoms with van der Waals surface area (Å²) in [4.78, 5) is 40.5. The van der Waals surface area contributed by atoms with Gasteiger partial charge in [-0.3, -0.25) is 9.59 Å². The number of hydrogen-bond donors (Lipinski definition) is 2. The van der Waals surface area contributed by atoms with Gasteiger partial charge in [-0.2, -0.15) is 0 Å². The summed E-state index contributed by atoms with van der Waals surface area (Å²) >= 11 is 0. The molecule has 7 nitrogen and oxygen atoms in total. The highest BCUT2D eigenvalue weighted by atomic mass is 16.2. The van der Waals surface area contributed by atoms with E-state index in [4.69, 9.17) is 0 Å². The van der Waals surface area contributed by atoms with Crippen molar-refractivity contribution in [2.24, 2.45) is 0 Å². The highest BCUT2D eigenvalue weighted by Gasteiger charge is 2.34. The molecule has 4 rings (SSSR count). The Morgan fingerprint density at radius 3 is 2.35 bits per heavy atom. The summed E-state index contributed by atoms with van der Waals surface area (Å²) in [6.45, 7) is 3.74. The molecule has 2 fully saturated rings. The molecule has 0 bridgehead atoms. The molecule has 160 valence electrons. The van der Waals surface area contributed by atoms with Crippen LogP contribution in [-0.4, -0.2) is 42.4 Å². The van der Waals surface area contributed by atoms with Gasteiger partial charge in [0.1, 0.15) is 12.2 Å². The summed E-state index contributed by atoms with van der Waals surface area (Å²) in [7, 11) is 0. The molecule has 0 radical (unpaired) electrons. The molecule has 2 aromatic rings. The molecule has 0 unspecified atom stereocenters. The van der Waals surface area contributed by atoms with Crippen LogP contribution in [0.15, 0.2) is 54.2 Å². The summed E-state index contributed by atoms with van der Waals surface area (Å²) in [5.41, 5.74) is 3.84. The van der Waals surface area contributed by atoms with E-state index in [9.17, 15) is 14.4 Å². The maximum Gasteiger partial charge on any atom is 0.329 e. The summed E-state index contributed by atoms with van der Waals surface area (Å²) in [5.74, 6) is -0.941. The number of rotatable bonds is 5. The van der Waals surface area contributed by atoms with Gasteiger partial charge < -0.3 is 15.5 Å². The number of benzene rings is 2. The molecule has 0 aromatic heterocycles. The van der Waals surface area contributed by atoms with E-state index < -0.39 is 17.8 Å². The standard InChI is InChI=1S/C24H26N4O3/c1-17-5-9-19(10-6-17)25-22(29)16-28-23(30)21(26-24(28)31)15-18-7-11-20(12-8-18)27-13-3-2-4-14-27/h5-12,15H,2-4,13-14,16H2,1H3,(H,25,29)(H,26,31)/b21-15-. The van der Waals surface area contributed by atoms with Gasteiger partial charge in [0.25, 0.3) is 5.91 Å². The van der Waals surface area contributed by atoms with E-state index in [1.807, 2.05) is 43.3 Å². The molecule has 31 heavy (non-hydrogen) atoms. The second-order valence-corrected chi connectivity index (χ2v) is 7.93. The number of nitrogens with zero attached hydrogens (tertiary/aromatic N) is 2. The first kappa shape index (κ1) is 20.7. The van der Waals surface area contributed by atoms with Crippen molar-refractivity contribution in [1.29, 1.82) is 0 Å². The van der Waals surface area contributed by atoms with E-state index in [1.165, 1.54) is 19.3 Å². The lowest BCUT2D eigenvalue weighted by Crippen LogP contribution is -2.38. The van der Waals surface area contributed by atoms with Crippen LogP contribution in [0.5, 0.6) is 0 Å². The lowest BCUT2D eigenvalue weighted by molar-refractivity contribution is -0.127. The predicted molar refractivity (Wildman–Crippen MR) is 121 cm³/mol. The van der Waals surface area contributed by atoms with E-state index in [-0.39, 0.29) is 12.2 Å². The Morgan fingerprint density at radius 2 is 1.68 bits per heavy atom. The zero-order chi connectivity index (χ0) is 21.8. The number of hydrogen-bond acceptors (Lipinski definition) is 4. The average Bonchev–Trinajstić information content (AvgIpc) is 3.04. The van der Waals surface area contributed by atoms with Crippen LogP contribution in [0.2, 0.25) is 0 Å². The minimum absolute atomic E-state index is 0.166. The molecular weight excluding hydrogens is 392 g/mol. The van der Waals surface area contributed by atoms with E-state index in [2.05, 4.69) is 15.5 Å². The number of amides is 4. The molecule has 0 atom stereocenters. The third-order valence-corrected chi connectivity index (χ3v) is 5.52. The van der Waals surface area contributed by atoms with E-state index >= 15 is 0 Å². The van der Waals surface area contributed by atoms with Gasteiger partial charge in [-0.05, 0) is 62.1 Å². The molecule has 2 aliphatic heterocycles. The zero-order valence-corrected chi connectivity index (χ0v) is 17.6. The van der Waals surface area contributed by atoms with Gasteiger partial charge in [0.15, 0.2) is 0 Å². The van der Waals surface area contributed by atoms with Crippen LogP contribution in [-0.2, 0) is 9.59 Å². The van der Waals surface area contributed by atoms with Crippen LogP contribution in [0.3, 0.4) is 0 Å². The molecule has 7 heteroatoms. The van der Waals surface area contributed by atoms with Crippen LogP contribution in [0.4, 0.5) is 16.2 Å². The SMILES string of the molecule is Cc1ccc(NC(=O)CN2C(=O)N/C(=C\c3ccc(N4CCCCC4)cc3)C2=O)cc1. The van der Waals surface area contributed by atoms with E-state index in [1.54, 1.807) is 18.2 Å². The first-order valence-corrected chi connectivity index (χ1v) is 10.6. The fourth-order valence-corrected chi connectivity index (χ4v) is 3.80. The number of carbonyl (C=O) groups is 3. The first-order chi connectivity index (χ1) is 15.0. The Bertz CT molecular complexity index is 1010. The normalized spacial score (nSPS) is 17.8. The summed E-state index contributed by atoms with van der Waals surface area (Å²) in [5, 5.41) is 5.27. The number of piperidine rings is 1. The topological polar surface area (TPSA) is 81.8 Å². The van der Waals surface area contributed by atoms with Crippen molar-refractivity contribution in [3.63, 3.8) is 0 Å². The fourth-order valence-electron chi connectivity index (χ4n) is 3.80. The molecule has 0 aliphatic carbocycles. The fraction of sp³-hybridized carbons (Fsp3) is 0.292. The lowest BCUT2D eigenvalue weighted by Gasteiger charge is -2.28. The van der Waals surface area contributed by atoms with Crippen LogP contribution >= 0.6 is 0 Å². The lowest BCUT2D eigenvalue weighted by atomic mass is 10.1. The van der Waals surface area contributed by atoms with Crippen molar-refractivity contribution in [1.82, 2.24) is 10.2 Å². The molecule has 2 saturated heterocycles. The first-order valence-electron chi connectivity index (χ1n) is 10.6. The van der Waals surface area contributed by atoms with Gasteiger partial charge in [0.05, 0.1) is 0 Å². The van der Waals surface area contributed by atoms with Crippen LogP contribution < -0.4 is 15.5 Å². The van der Waals surface area contributed by atoms with Crippen molar-refractivity contribution in [2.45, 2.75) is 26.2 Å². The molecule has 4 amide bonds. The van der Waals surface area contributed by atoms with Gasteiger partial charge in [-0.25, -0.2) is 9.69 Å². The molecule has 0 saturated carbocycles. The number of nitrogens with one attached hydrogen (secondary N) is 2. The van der Waals surface area contributed by atoms with Crippen molar-refractivity contribution in [2.75, 3.05) is 29.9 Å². The third-order valence-electron chi connectivity index (χ3n) is 5.52. The maximum absolute atomic E-state index is 12.7. The van der Waals surface area contributed by atoms with Gasteiger partial charge in [0.2, 0.25) is 5.91 Å². The monoisotopic (exact) mass is 418 g/mol. The van der Waals surface area contributed by atoms with E-state index in [0.717, 1.165) is 34.8 Å². The summed E-state index contributed by atoms with van der Waals surface area (Å²) in [6, 6.07) is 14.6. The van der Waals surface area contributed by atoms with Gasteiger partial charge in [-0.15, -0.1) is 0 Å². The Kier molecular flexibility index (Phi) is 6.02. The second-order valence-electron chi connectivity index (χ2n) is 7.93. The molecule has 2 heterocycles. The van der Waals surface area contributed by atoms with Gasteiger partial charge >= 0.3 is 6.03 Å². The molecule has 2 N–H and O–H groups in total. The quantitative estimate of drug-likeness (QED) is 0.575. The molecule has 0 spiro atoms. The van der Waals surface area contributed by atoms with Crippen LogP contribution in [0.1, 0.15) is 30.4 Å². The second kappa shape index (κ2) is 9.04. The Morgan fingerprint density at radius 1 is 1.00 bits per heavy atom. The number of aryl methyl sites for hydroxylation is 1. The Balaban J connectivity index is 1.39. The maximum atomic E-state index is 12.7. The van der Waals surface area contributed by atoms with Crippen molar-refractivity contribution in [3.05, 3.63) is 65.4 Å². The highest BCUT2D eigenvalue weighted by Crippen LogP contribution is 2.22. The number of anilines is 2. The van der Waals surface area contributed by atoms with E-state index in [0.29, 0.717) is 5.69 Å². The van der Waals surface area contributed by atoms with Crippen LogP contribution in [0, 0.1) is 6.92 Å². The minimum atomic E-state index is -0.597. The van der Waals surface area contributed by atoms with Crippen LogP contribution in [0.25, 0.3) is 6.08 Å². The largest absolute Gasteiger partial charge is 0.372 e. The summed E-state index contributed by atoms with van der Waals surface area (Å²) in [6.07, 6.45) is 5.33. The Labute approximate surface area is 181 Å². The molecule has 2 aliphatic rings. The smallest absolute Gasteiger partial charge is 0.329 e. The number of carbonyl (C=O) groups excluding carboxylic acids is 3. The zero-order valence-electron chi connectivity index (χ0n) is 17.6. The predicted octanol–water partition coefficient (Wildman–Crippen LogP) is 3.52. The van der Waals surface area contributed by atoms with Crippen molar-refractivity contribution in [3.8, 4) is 0 Å². The molecular formula is C24H26N4O3.